The van der Waals surface area contributed by atoms with Crippen molar-refractivity contribution in [3.05, 3.63) is 200 Å². The maximum absolute atomic E-state index is 5.54. The Balaban J connectivity index is 1.03. The first-order valence-electron chi connectivity index (χ1n) is 20.8. The highest BCUT2D eigenvalue weighted by atomic mass is 32.1. The first-order chi connectivity index (χ1) is 29.6. The smallest absolute Gasteiger partial charge is 0.160 e. The van der Waals surface area contributed by atoms with Crippen molar-refractivity contribution in [3.63, 3.8) is 0 Å². The summed E-state index contributed by atoms with van der Waals surface area (Å²) in [6.07, 6.45) is 6.93. The molecule has 0 aliphatic heterocycles. The summed E-state index contributed by atoms with van der Waals surface area (Å²) in [6, 6.07) is 65.0. The summed E-state index contributed by atoms with van der Waals surface area (Å²) >= 11 is 1.84. The topological polar surface area (TPSA) is 38.7 Å². The number of aromatic nitrogens is 3. The van der Waals surface area contributed by atoms with Gasteiger partial charge in [0.2, 0.25) is 0 Å². The van der Waals surface area contributed by atoms with Gasteiger partial charge < -0.3 is 0 Å². The summed E-state index contributed by atoms with van der Waals surface area (Å²) in [6.45, 7) is 2.39. The molecule has 11 rings (SSSR count). The minimum atomic E-state index is 0.532. The van der Waals surface area contributed by atoms with E-state index in [9.17, 15) is 0 Å². The third-order valence-electron chi connectivity index (χ3n) is 12.2. The minimum absolute atomic E-state index is 0.532. The van der Waals surface area contributed by atoms with Gasteiger partial charge in [0.15, 0.2) is 5.82 Å². The summed E-state index contributed by atoms with van der Waals surface area (Å²) in [5.74, 6) is 1.87. The first kappa shape index (κ1) is 36.1. The lowest BCUT2D eigenvalue weighted by Crippen LogP contribution is -2.11. The van der Waals surface area contributed by atoms with Gasteiger partial charge in [-0.3, -0.25) is 0 Å². The van der Waals surface area contributed by atoms with E-state index >= 15 is 0 Å². The van der Waals surface area contributed by atoms with Gasteiger partial charge in [-0.15, -0.1) is 11.3 Å². The highest BCUT2D eigenvalue weighted by Crippen LogP contribution is 2.46. The van der Waals surface area contributed by atoms with Crippen LogP contribution < -0.4 is 0 Å². The van der Waals surface area contributed by atoms with Crippen molar-refractivity contribution in [1.29, 1.82) is 0 Å². The van der Waals surface area contributed by atoms with Crippen molar-refractivity contribution < 1.29 is 0 Å². The number of pyridine rings is 1. The predicted molar refractivity (Wildman–Crippen MR) is 253 cm³/mol. The highest BCUT2D eigenvalue weighted by Gasteiger charge is 2.23. The van der Waals surface area contributed by atoms with E-state index < -0.39 is 0 Å². The second-order valence-corrected chi connectivity index (χ2v) is 17.0. The van der Waals surface area contributed by atoms with Crippen molar-refractivity contribution in [1.82, 2.24) is 15.0 Å². The Morgan fingerprint density at radius 3 is 1.88 bits per heavy atom. The molecular formula is C56H41N3S. The maximum Gasteiger partial charge on any atom is 0.160 e. The average molecular weight is 788 g/mol. The van der Waals surface area contributed by atoms with E-state index in [2.05, 4.69) is 177 Å². The lowest BCUT2D eigenvalue weighted by atomic mass is 9.79. The minimum Gasteiger partial charge on any atom is -0.246 e. The van der Waals surface area contributed by atoms with Crippen LogP contribution in [-0.2, 0) is 0 Å². The normalized spacial score (nSPS) is 15.2. The Morgan fingerprint density at radius 1 is 0.467 bits per heavy atom. The lowest BCUT2D eigenvalue weighted by Gasteiger charge is -2.26. The van der Waals surface area contributed by atoms with Gasteiger partial charge in [0, 0.05) is 43.1 Å². The van der Waals surface area contributed by atoms with Crippen LogP contribution in [-0.4, -0.2) is 15.0 Å². The second-order valence-electron chi connectivity index (χ2n) is 16.0. The molecule has 2 unspecified atom stereocenters. The molecule has 4 heteroatoms. The molecule has 2 atom stereocenters. The van der Waals surface area contributed by atoms with Crippen molar-refractivity contribution in [2.24, 2.45) is 5.92 Å². The molecule has 10 aromatic rings. The van der Waals surface area contributed by atoms with Crippen LogP contribution in [0.1, 0.15) is 31.2 Å². The van der Waals surface area contributed by atoms with Crippen molar-refractivity contribution in [3.8, 4) is 67.4 Å². The number of benzene rings is 7. The molecule has 286 valence electrons. The van der Waals surface area contributed by atoms with Gasteiger partial charge in [-0.25, -0.2) is 15.0 Å². The molecule has 3 nitrogen and oxygen atoms in total. The molecule has 3 aromatic heterocycles. The van der Waals surface area contributed by atoms with E-state index in [1.54, 1.807) is 0 Å². The summed E-state index contributed by atoms with van der Waals surface area (Å²) < 4.78 is 2.49. The number of allylic oxidation sites excluding steroid dienone is 2. The molecule has 0 radical (unpaired) electrons. The Morgan fingerprint density at radius 2 is 1.08 bits per heavy atom. The van der Waals surface area contributed by atoms with Crippen LogP contribution in [0.25, 0.3) is 98.5 Å². The zero-order valence-electron chi connectivity index (χ0n) is 33.3. The fraction of sp³-hybridized carbons (Fsp3) is 0.0893. The highest BCUT2D eigenvalue weighted by molar-refractivity contribution is 7.26. The number of rotatable bonds is 7. The monoisotopic (exact) mass is 787 g/mol. The van der Waals surface area contributed by atoms with Crippen LogP contribution in [0.5, 0.6) is 0 Å². The van der Waals surface area contributed by atoms with Crippen LogP contribution in [0.15, 0.2) is 194 Å². The van der Waals surface area contributed by atoms with Gasteiger partial charge in [-0.2, -0.15) is 0 Å². The van der Waals surface area contributed by atoms with Crippen molar-refractivity contribution in [2.75, 3.05) is 0 Å². The molecule has 0 spiro atoms. The first-order valence-corrected chi connectivity index (χ1v) is 21.7. The van der Waals surface area contributed by atoms with E-state index in [0.717, 1.165) is 68.8 Å². The van der Waals surface area contributed by atoms with Crippen molar-refractivity contribution >= 4 is 42.4 Å². The Labute approximate surface area is 354 Å². The SMILES string of the molecule is CC1CC=CCC1c1cccc(-c2cccc3nc(-c4cccc(-c5cccc(-c6cc(-c7ccccc7)nc(-c7ccccc7)n6)c5)c4)c4sc5ccccc5c4c23)c1. The van der Waals surface area contributed by atoms with Crippen LogP contribution >= 0.6 is 11.3 Å². The third kappa shape index (κ3) is 6.60. The van der Waals surface area contributed by atoms with Gasteiger partial charge in [0.1, 0.15) is 0 Å². The summed E-state index contributed by atoms with van der Waals surface area (Å²) in [7, 11) is 0. The van der Waals surface area contributed by atoms with Crippen molar-refractivity contribution in [2.45, 2.75) is 25.7 Å². The Hall–Kier alpha value is -7.01. The molecule has 3 heterocycles. The molecule has 0 N–H and O–H groups in total. The number of hydrogen-bond donors (Lipinski definition) is 0. The summed E-state index contributed by atoms with van der Waals surface area (Å²) in [5.41, 5.74) is 14.2. The zero-order chi connectivity index (χ0) is 40.0. The van der Waals surface area contributed by atoms with Gasteiger partial charge in [-0.05, 0) is 82.8 Å². The number of nitrogens with zero attached hydrogens (tertiary/aromatic N) is 3. The Bertz CT molecular complexity index is 3180. The second kappa shape index (κ2) is 15.3. The maximum atomic E-state index is 5.54. The lowest BCUT2D eigenvalue weighted by molar-refractivity contribution is 0.449. The largest absolute Gasteiger partial charge is 0.246 e. The summed E-state index contributed by atoms with van der Waals surface area (Å²) in [4.78, 5) is 15.7. The van der Waals surface area contributed by atoms with Gasteiger partial charge in [-0.1, -0.05) is 171 Å². The van der Waals surface area contributed by atoms with Gasteiger partial charge in [0.25, 0.3) is 0 Å². The number of fused-ring (bicyclic) bond motifs is 5. The van der Waals surface area contributed by atoms with Gasteiger partial charge in [0.05, 0.1) is 27.3 Å². The average Bonchev–Trinajstić information content (AvgIpc) is 3.72. The fourth-order valence-electron chi connectivity index (χ4n) is 9.09. The zero-order valence-corrected chi connectivity index (χ0v) is 34.1. The quantitative estimate of drug-likeness (QED) is 0.151. The molecule has 0 saturated carbocycles. The number of thiophene rings is 1. The molecule has 0 bridgehead atoms. The molecule has 60 heavy (non-hydrogen) atoms. The Kier molecular flexibility index (Phi) is 9.21. The van der Waals surface area contributed by atoms with Crippen LogP contribution in [0.3, 0.4) is 0 Å². The predicted octanol–water partition coefficient (Wildman–Crippen LogP) is 15.5. The molecule has 1 aliphatic carbocycles. The van der Waals surface area contributed by atoms with E-state index in [1.165, 1.54) is 42.2 Å². The van der Waals surface area contributed by atoms with Crippen LogP contribution in [0, 0.1) is 5.92 Å². The molecule has 0 amide bonds. The third-order valence-corrected chi connectivity index (χ3v) is 13.3. The van der Waals surface area contributed by atoms with E-state index in [4.69, 9.17) is 15.0 Å². The molecule has 7 aromatic carbocycles. The van der Waals surface area contributed by atoms with E-state index in [0.29, 0.717) is 17.7 Å². The summed E-state index contributed by atoms with van der Waals surface area (Å²) in [5, 5.41) is 3.78. The standard InChI is InChI=1S/C56H41N3S/c1-36-16-8-9-27-45(36)41-23-14-24-42(34-41)46-29-15-30-48-52(46)53-47-28-10-11-31-51(47)60-55(53)54(57-48)44-26-13-22-40(33-44)39-21-12-25-43(32-39)50-35-49(37-17-4-2-5-18-37)58-56(59-50)38-19-6-3-7-20-38/h2-15,17-26,28-36,45H,16,27H2,1H3. The molecule has 0 saturated heterocycles. The van der Waals surface area contributed by atoms with Gasteiger partial charge >= 0.3 is 0 Å². The number of hydrogen-bond acceptors (Lipinski definition) is 4. The fourth-order valence-corrected chi connectivity index (χ4v) is 10.3. The van der Waals surface area contributed by atoms with E-state index in [-0.39, 0.29) is 0 Å². The van der Waals surface area contributed by atoms with Crippen LogP contribution in [0.2, 0.25) is 0 Å². The van der Waals surface area contributed by atoms with E-state index in [1.807, 2.05) is 35.6 Å². The van der Waals surface area contributed by atoms with Crippen LogP contribution in [0.4, 0.5) is 0 Å². The molecular weight excluding hydrogens is 747 g/mol. The molecule has 1 aliphatic rings. The molecule has 0 fully saturated rings.